The van der Waals surface area contributed by atoms with Gasteiger partial charge in [0.05, 0.1) is 31.4 Å². The van der Waals surface area contributed by atoms with Crippen LogP contribution in [0, 0.1) is 24.2 Å². The SMILES string of the molecule is COc1ccc(C23CCC(CN(C(=O)C4CCC(CC(=O)O)CC4)c4cncc(-c5cnn(C(C)C)c5)n4)(CC2)CC3)cc1C. The van der Waals surface area contributed by atoms with Crippen molar-refractivity contribution < 1.29 is 19.4 Å². The molecule has 2 aromatic heterocycles. The highest BCUT2D eigenvalue weighted by Gasteiger charge is 2.51. The van der Waals surface area contributed by atoms with Crippen LogP contribution >= 0.6 is 0 Å². The van der Waals surface area contributed by atoms with Crippen LogP contribution in [0.2, 0.25) is 0 Å². The minimum absolute atomic E-state index is 0.0413. The molecule has 1 N–H and O–H groups in total. The minimum atomic E-state index is -0.756. The molecule has 4 fully saturated rings. The van der Waals surface area contributed by atoms with E-state index in [1.165, 1.54) is 11.1 Å². The number of carboxylic acid groups (broad SMARTS) is 1. The molecule has 45 heavy (non-hydrogen) atoms. The Morgan fingerprint density at radius 2 is 1.76 bits per heavy atom. The van der Waals surface area contributed by atoms with Gasteiger partial charge in [0.25, 0.3) is 0 Å². The number of amides is 1. The number of carbonyl (C=O) groups excluding carboxylic acids is 1. The normalized spacial score (nSPS) is 26.2. The van der Waals surface area contributed by atoms with Gasteiger partial charge in [0.1, 0.15) is 5.75 Å². The third-order valence-corrected chi connectivity index (χ3v) is 11.2. The number of fused-ring (bicyclic) bond motifs is 3. The van der Waals surface area contributed by atoms with Crippen LogP contribution in [0.3, 0.4) is 0 Å². The van der Waals surface area contributed by atoms with Gasteiger partial charge in [-0.15, -0.1) is 0 Å². The molecule has 240 valence electrons. The lowest BCUT2D eigenvalue weighted by Crippen LogP contribution is -2.52. The molecule has 0 atom stereocenters. The van der Waals surface area contributed by atoms with E-state index in [2.05, 4.69) is 49.1 Å². The van der Waals surface area contributed by atoms with Gasteiger partial charge < -0.3 is 9.84 Å². The topological polar surface area (TPSA) is 110 Å². The van der Waals surface area contributed by atoms with Crippen molar-refractivity contribution in [3.63, 3.8) is 0 Å². The van der Waals surface area contributed by atoms with Crippen LogP contribution in [0.4, 0.5) is 5.82 Å². The van der Waals surface area contributed by atoms with Crippen molar-refractivity contribution in [3.8, 4) is 17.0 Å². The maximum Gasteiger partial charge on any atom is 0.303 e. The largest absolute Gasteiger partial charge is 0.496 e. The molecule has 4 aliphatic rings. The highest BCUT2D eigenvalue weighted by atomic mass is 16.5. The molecule has 3 aromatic rings. The predicted octanol–water partition coefficient (Wildman–Crippen LogP) is 7.14. The molecule has 0 radical (unpaired) electrons. The van der Waals surface area contributed by atoms with E-state index < -0.39 is 5.97 Å². The Hall–Kier alpha value is -3.75. The third-order valence-electron chi connectivity index (χ3n) is 11.2. The van der Waals surface area contributed by atoms with E-state index in [1.807, 2.05) is 22.0 Å². The lowest BCUT2D eigenvalue weighted by atomic mass is 9.51. The van der Waals surface area contributed by atoms with Gasteiger partial charge in [0.2, 0.25) is 5.91 Å². The Kier molecular flexibility index (Phi) is 8.72. The van der Waals surface area contributed by atoms with Crippen molar-refractivity contribution in [1.29, 1.82) is 0 Å². The van der Waals surface area contributed by atoms with Crippen molar-refractivity contribution in [2.45, 2.75) is 103 Å². The summed E-state index contributed by atoms with van der Waals surface area (Å²) in [6.45, 7) is 6.93. The molecule has 7 rings (SSSR count). The summed E-state index contributed by atoms with van der Waals surface area (Å²) in [6, 6.07) is 6.91. The lowest BCUT2D eigenvalue weighted by Gasteiger charge is -2.55. The first-order valence-corrected chi connectivity index (χ1v) is 16.7. The van der Waals surface area contributed by atoms with Crippen molar-refractivity contribution in [1.82, 2.24) is 19.7 Å². The van der Waals surface area contributed by atoms with E-state index in [9.17, 15) is 14.7 Å². The standard InChI is InChI=1S/C36H47N5O4/c1-24(2)41-22-28(19-38-41)30-20-37-21-32(39-30)40(34(44)27-7-5-26(6-8-27)18-33(42)43)23-35-11-14-36(15-12-35,16-13-35)29-9-10-31(45-4)25(3)17-29/h9-10,17,19-22,24,26-27H,5-8,11-16,18,23H2,1-4H3,(H,42,43). The highest BCUT2D eigenvalue weighted by molar-refractivity contribution is 5.94. The Labute approximate surface area is 266 Å². The number of anilines is 1. The number of aromatic nitrogens is 4. The predicted molar refractivity (Wildman–Crippen MR) is 173 cm³/mol. The number of aryl methyl sites for hydroxylation is 1. The van der Waals surface area contributed by atoms with Crippen molar-refractivity contribution in [2.24, 2.45) is 17.3 Å². The van der Waals surface area contributed by atoms with Gasteiger partial charge >= 0.3 is 5.97 Å². The molecular formula is C36H47N5O4. The molecule has 4 aliphatic carbocycles. The molecule has 2 bridgehead atoms. The second kappa shape index (κ2) is 12.6. The maximum absolute atomic E-state index is 14.4. The molecular weight excluding hydrogens is 566 g/mol. The molecule has 0 unspecified atom stereocenters. The average molecular weight is 614 g/mol. The van der Waals surface area contributed by atoms with Crippen LogP contribution in [-0.2, 0) is 15.0 Å². The second-order valence-electron chi connectivity index (χ2n) is 14.3. The molecule has 9 nitrogen and oxygen atoms in total. The number of nitrogens with zero attached hydrogens (tertiary/aromatic N) is 5. The van der Waals surface area contributed by atoms with Gasteiger partial charge in [0, 0.05) is 36.7 Å². The molecule has 2 heterocycles. The van der Waals surface area contributed by atoms with Gasteiger partial charge in [0.15, 0.2) is 5.82 Å². The summed E-state index contributed by atoms with van der Waals surface area (Å²) in [5.41, 5.74) is 4.42. The summed E-state index contributed by atoms with van der Waals surface area (Å²) in [5, 5.41) is 13.8. The molecule has 4 saturated carbocycles. The fourth-order valence-corrected chi connectivity index (χ4v) is 8.21. The van der Waals surface area contributed by atoms with E-state index in [0.717, 1.165) is 62.7 Å². The number of rotatable bonds is 10. The van der Waals surface area contributed by atoms with E-state index in [1.54, 1.807) is 19.5 Å². The number of carboxylic acids is 1. The van der Waals surface area contributed by atoms with E-state index in [0.29, 0.717) is 30.9 Å². The van der Waals surface area contributed by atoms with Gasteiger partial charge in [-0.1, -0.05) is 12.1 Å². The Balaban J connectivity index is 1.25. The number of aliphatic carboxylic acids is 1. The maximum atomic E-state index is 14.4. The zero-order valence-electron chi connectivity index (χ0n) is 27.2. The summed E-state index contributed by atoms with van der Waals surface area (Å²) < 4.78 is 7.43. The number of hydrogen-bond acceptors (Lipinski definition) is 6. The number of ether oxygens (including phenoxy) is 1. The summed E-state index contributed by atoms with van der Waals surface area (Å²) in [4.78, 5) is 37.3. The van der Waals surface area contributed by atoms with Gasteiger partial charge in [-0.3, -0.25) is 24.2 Å². The van der Waals surface area contributed by atoms with Crippen LogP contribution in [0.1, 0.15) is 102 Å². The zero-order chi connectivity index (χ0) is 31.8. The summed E-state index contributed by atoms with van der Waals surface area (Å²) in [7, 11) is 1.73. The molecule has 1 aromatic carbocycles. The van der Waals surface area contributed by atoms with Gasteiger partial charge in [-0.2, -0.15) is 5.10 Å². The fourth-order valence-electron chi connectivity index (χ4n) is 8.21. The van der Waals surface area contributed by atoms with Gasteiger partial charge in [-0.05, 0) is 119 Å². The smallest absolute Gasteiger partial charge is 0.303 e. The highest BCUT2D eigenvalue weighted by Crippen LogP contribution is 2.58. The Morgan fingerprint density at radius 1 is 1.04 bits per heavy atom. The first-order chi connectivity index (χ1) is 21.6. The first kappa shape index (κ1) is 31.2. The molecule has 1 amide bonds. The zero-order valence-corrected chi connectivity index (χ0v) is 27.2. The van der Waals surface area contributed by atoms with Crippen LogP contribution in [-0.4, -0.2) is 50.4 Å². The van der Waals surface area contributed by atoms with Crippen molar-refractivity contribution in [3.05, 3.63) is 54.1 Å². The van der Waals surface area contributed by atoms with Crippen LogP contribution in [0.25, 0.3) is 11.3 Å². The first-order valence-electron chi connectivity index (χ1n) is 16.7. The summed E-state index contributed by atoms with van der Waals surface area (Å²) in [6.07, 6.45) is 17.0. The third kappa shape index (κ3) is 6.36. The van der Waals surface area contributed by atoms with Crippen LogP contribution in [0.5, 0.6) is 5.75 Å². The van der Waals surface area contributed by atoms with Gasteiger partial charge in [-0.25, -0.2) is 4.98 Å². The number of hydrogen-bond donors (Lipinski definition) is 1. The molecule has 0 saturated heterocycles. The molecule has 9 heteroatoms. The molecule has 0 aliphatic heterocycles. The average Bonchev–Trinajstić information content (AvgIpc) is 3.56. The van der Waals surface area contributed by atoms with Crippen LogP contribution < -0.4 is 9.64 Å². The second-order valence-corrected chi connectivity index (χ2v) is 14.3. The molecule has 0 spiro atoms. The van der Waals surface area contributed by atoms with Crippen molar-refractivity contribution >= 4 is 17.7 Å². The summed E-state index contributed by atoms with van der Waals surface area (Å²) in [5.74, 6) is 0.899. The van der Waals surface area contributed by atoms with Crippen LogP contribution in [0.15, 0.2) is 43.0 Å². The lowest BCUT2D eigenvalue weighted by molar-refractivity contribution is -0.138. The number of methoxy groups -OCH3 is 1. The monoisotopic (exact) mass is 613 g/mol. The number of benzene rings is 1. The fraction of sp³-hybridized carbons (Fsp3) is 0.583. The minimum Gasteiger partial charge on any atom is -0.496 e. The quantitative estimate of drug-likeness (QED) is 0.259. The Morgan fingerprint density at radius 3 is 2.36 bits per heavy atom. The van der Waals surface area contributed by atoms with Crippen molar-refractivity contribution in [2.75, 3.05) is 18.6 Å². The Bertz CT molecular complexity index is 1520. The number of carbonyl (C=O) groups is 2. The van der Waals surface area contributed by atoms with E-state index >= 15 is 0 Å². The van der Waals surface area contributed by atoms with E-state index in [-0.39, 0.29) is 41.0 Å². The van der Waals surface area contributed by atoms with E-state index in [4.69, 9.17) is 9.72 Å². The summed E-state index contributed by atoms with van der Waals surface area (Å²) >= 11 is 0.